The van der Waals surface area contributed by atoms with Gasteiger partial charge in [0, 0.05) is 12.0 Å². The van der Waals surface area contributed by atoms with Gasteiger partial charge in [-0.3, -0.25) is 14.4 Å². The summed E-state index contributed by atoms with van der Waals surface area (Å²) in [7, 11) is 1.43. The third-order valence-electron chi connectivity index (χ3n) is 7.79. The second-order valence-electron chi connectivity index (χ2n) is 12.2. The van der Waals surface area contributed by atoms with E-state index in [1.807, 2.05) is 30.3 Å². The van der Waals surface area contributed by atoms with Crippen molar-refractivity contribution >= 4 is 23.9 Å². The lowest BCUT2D eigenvalue weighted by Gasteiger charge is -2.60. The molecule has 4 aliphatic carbocycles. The molecule has 0 saturated heterocycles. The zero-order valence-corrected chi connectivity index (χ0v) is 22.2. The van der Waals surface area contributed by atoms with Crippen molar-refractivity contribution in [2.24, 2.45) is 17.3 Å². The molecule has 0 aliphatic heterocycles. The van der Waals surface area contributed by atoms with Gasteiger partial charge in [-0.2, -0.15) is 0 Å². The molecule has 4 aliphatic rings. The second-order valence-corrected chi connectivity index (χ2v) is 12.2. The van der Waals surface area contributed by atoms with E-state index >= 15 is 0 Å². The molecule has 0 heterocycles. The normalized spacial score (nSPS) is 28.6. The highest BCUT2D eigenvalue weighted by Crippen LogP contribution is 2.62. The Balaban J connectivity index is 1.46. The van der Waals surface area contributed by atoms with Gasteiger partial charge in [-0.05, 0) is 76.7 Å². The highest BCUT2D eigenvalue weighted by molar-refractivity contribution is 5.90. The van der Waals surface area contributed by atoms with E-state index in [1.54, 1.807) is 20.8 Å². The minimum Gasteiger partial charge on any atom is -0.469 e. The summed E-state index contributed by atoms with van der Waals surface area (Å²) in [6.07, 6.45) is 4.54. The van der Waals surface area contributed by atoms with Crippen molar-refractivity contribution in [3.05, 3.63) is 35.9 Å². The number of nitrogens with one attached hydrogen (secondary N) is 3. The Bertz CT molecular complexity index is 1020. The topological polar surface area (TPSA) is 123 Å². The van der Waals surface area contributed by atoms with Gasteiger partial charge in [0.15, 0.2) is 0 Å². The number of esters is 1. The molecule has 4 bridgehead atoms. The summed E-state index contributed by atoms with van der Waals surface area (Å²) in [6.45, 7) is 4.90. The van der Waals surface area contributed by atoms with Crippen LogP contribution in [0.1, 0.15) is 64.9 Å². The molecular weight excluding hydrogens is 474 g/mol. The van der Waals surface area contributed by atoms with E-state index < -0.39 is 34.6 Å². The highest BCUT2D eigenvalue weighted by Gasteiger charge is 2.61. The number of carbonyl (C=O) groups is 4. The number of hydrogen-bond acceptors (Lipinski definition) is 6. The van der Waals surface area contributed by atoms with Gasteiger partial charge in [0.1, 0.15) is 18.2 Å². The Morgan fingerprint density at radius 1 is 1.03 bits per heavy atom. The van der Waals surface area contributed by atoms with Crippen LogP contribution in [-0.2, 0) is 30.3 Å². The summed E-state index contributed by atoms with van der Waals surface area (Å²) in [6, 6.07) is 8.64. The van der Waals surface area contributed by atoms with Crippen molar-refractivity contribution in [3.8, 4) is 0 Å². The number of hydrogen-bond donors (Lipinski definition) is 3. The van der Waals surface area contributed by atoms with Crippen molar-refractivity contribution in [3.63, 3.8) is 0 Å². The molecule has 0 spiro atoms. The van der Waals surface area contributed by atoms with E-state index in [1.165, 1.54) is 7.11 Å². The lowest BCUT2D eigenvalue weighted by Crippen LogP contribution is -2.66. The van der Waals surface area contributed by atoms with Gasteiger partial charge >= 0.3 is 12.1 Å². The van der Waals surface area contributed by atoms with Crippen LogP contribution in [0.4, 0.5) is 4.79 Å². The van der Waals surface area contributed by atoms with Gasteiger partial charge in [-0.25, -0.2) is 4.79 Å². The lowest BCUT2D eigenvalue weighted by molar-refractivity contribution is -0.173. The lowest BCUT2D eigenvalue weighted by atomic mass is 9.47. The zero-order chi connectivity index (χ0) is 26.8. The summed E-state index contributed by atoms with van der Waals surface area (Å²) in [5.74, 6) is -0.195. The van der Waals surface area contributed by atoms with E-state index in [9.17, 15) is 19.2 Å². The van der Waals surface area contributed by atoms with Crippen molar-refractivity contribution in [1.29, 1.82) is 0 Å². The molecule has 1 aromatic rings. The SMILES string of the molecule is COC(=O)C12CC3CC(CC(NC(=O)[C@H](Cc4ccccc4)NC(=O)CNC(=O)OC(C)(C)C)(C3)C1)C2. The first kappa shape index (κ1) is 26.9. The van der Waals surface area contributed by atoms with Crippen molar-refractivity contribution < 1.29 is 28.7 Å². The Hall–Kier alpha value is -3.10. The molecule has 9 nitrogen and oxygen atoms in total. The van der Waals surface area contributed by atoms with E-state index in [4.69, 9.17) is 9.47 Å². The Labute approximate surface area is 218 Å². The maximum absolute atomic E-state index is 13.7. The molecule has 2 unspecified atom stereocenters. The Morgan fingerprint density at radius 3 is 2.27 bits per heavy atom. The summed E-state index contributed by atoms with van der Waals surface area (Å²) in [5.41, 5.74) is -0.805. The molecule has 3 atom stereocenters. The van der Waals surface area contributed by atoms with Crippen LogP contribution in [0.5, 0.6) is 0 Å². The summed E-state index contributed by atoms with van der Waals surface area (Å²) < 4.78 is 10.4. The van der Waals surface area contributed by atoms with Gasteiger partial charge in [-0.1, -0.05) is 30.3 Å². The summed E-state index contributed by atoms with van der Waals surface area (Å²) in [5, 5.41) is 8.51. The molecule has 37 heavy (non-hydrogen) atoms. The monoisotopic (exact) mass is 513 g/mol. The molecule has 9 heteroatoms. The van der Waals surface area contributed by atoms with Crippen molar-refractivity contribution in [2.75, 3.05) is 13.7 Å². The molecule has 5 rings (SSSR count). The predicted octanol–water partition coefficient (Wildman–Crippen LogP) is 2.87. The highest BCUT2D eigenvalue weighted by atomic mass is 16.6. The predicted molar refractivity (Wildman–Crippen MR) is 136 cm³/mol. The van der Waals surface area contributed by atoms with Crippen LogP contribution in [0.2, 0.25) is 0 Å². The Morgan fingerprint density at radius 2 is 1.68 bits per heavy atom. The van der Waals surface area contributed by atoms with Crippen molar-refractivity contribution in [1.82, 2.24) is 16.0 Å². The van der Waals surface area contributed by atoms with Gasteiger partial charge in [0.25, 0.3) is 0 Å². The van der Waals surface area contributed by atoms with E-state index in [2.05, 4.69) is 16.0 Å². The number of carbonyl (C=O) groups excluding carboxylic acids is 4. The maximum Gasteiger partial charge on any atom is 0.408 e. The first-order chi connectivity index (χ1) is 17.4. The molecule has 202 valence electrons. The van der Waals surface area contributed by atoms with Gasteiger partial charge in [0.2, 0.25) is 11.8 Å². The van der Waals surface area contributed by atoms with E-state index in [0.717, 1.165) is 37.7 Å². The molecule has 3 amide bonds. The standard InChI is InChI=1S/C28H39N3O6/c1-26(2,3)37-25(35)29-16-22(32)30-21(11-18-8-6-5-7-9-18)23(33)31-28-14-19-10-20(15-28)13-27(12-19,17-28)24(34)36-4/h5-9,19-21H,10-17H2,1-4H3,(H,29,35)(H,30,32)(H,31,33)/t19?,20?,21-,27?,28?/m0/s1. The molecular formula is C28H39N3O6. The van der Waals surface area contributed by atoms with E-state index in [0.29, 0.717) is 24.7 Å². The minimum atomic E-state index is -0.836. The quantitative estimate of drug-likeness (QED) is 0.460. The molecule has 1 aromatic carbocycles. The zero-order valence-electron chi connectivity index (χ0n) is 22.2. The molecule has 0 radical (unpaired) electrons. The van der Waals surface area contributed by atoms with Crippen LogP contribution in [0.25, 0.3) is 0 Å². The van der Waals surface area contributed by atoms with Crippen LogP contribution in [0.3, 0.4) is 0 Å². The maximum atomic E-state index is 13.7. The first-order valence-electron chi connectivity index (χ1n) is 13.1. The summed E-state index contributed by atoms with van der Waals surface area (Å²) >= 11 is 0. The number of amides is 3. The molecule has 4 saturated carbocycles. The van der Waals surface area contributed by atoms with Crippen LogP contribution in [0.15, 0.2) is 30.3 Å². The van der Waals surface area contributed by atoms with E-state index in [-0.39, 0.29) is 18.4 Å². The third kappa shape index (κ3) is 6.43. The van der Waals surface area contributed by atoms with Crippen LogP contribution in [-0.4, -0.2) is 54.7 Å². The van der Waals surface area contributed by atoms with Gasteiger partial charge in [-0.15, -0.1) is 0 Å². The molecule has 4 fully saturated rings. The molecule has 0 aromatic heterocycles. The fraction of sp³-hybridized carbons (Fsp3) is 0.643. The second kappa shape index (κ2) is 10.3. The summed E-state index contributed by atoms with van der Waals surface area (Å²) in [4.78, 5) is 51.2. The average Bonchev–Trinajstić information content (AvgIpc) is 2.80. The number of benzene rings is 1. The van der Waals surface area contributed by atoms with Crippen molar-refractivity contribution in [2.45, 2.75) is 82.9 Å². The van der Waals surface area contributed by atoms with Crippen LogP contribution in [0, 0.1) is 17.3 Å². The number of methoxy groups -OCH3 is 1. The number of alkyl carbamates (subject to hydrolysis) is 1. The largest absolute Gasteiger partial charge is 0.469 e. The molecule has 3 N–H and O–H groups in total. The third-order valence-corrected chi connectivity index (χ3v) is 7.79. The first-order valence-corrected chi connectivity index (χ1v) is 13.1. The minimum absolute atomic E-state index is 0.178. The van der Waals surface area contributed by atoms with Crippen LogP contribution >= 0.6 is 0 Å². The number of rotatable bonds is 8. The Kier molecular flexibility index (Phi) is 7.53. The fourth-order valence-electron chi connectivity index (χ4n) is 6.98. The average molecular weight is 514 g/mol. The fourth-order valence-corrected chi connectivity index (χ4v) is 6.98. The number of ether oxygens (including phenoxy) is 2. The van der Waals surface area contributed by atoms with Crippen LogP contribution < -0.4 is 16.0 Å². The van der Waals surface area contributed by atoms with Gasteiger partial charge in [0.05, 0.1) is 12.5 Å². The smallest absolute Gasteiger partial charge is 0.408 e. The van der Waals surface area contributed by atoms with Gasteiger partial charge < -0.3 is 25.4 Å².